The quantitative estimate of drug-likeness (QED) is 0.576. The predicted octanol–water partition coefficient (Wildman–Crippen LogP) is 2.22. The van der Waals surface area contributed by atoms with Crippen molar-refractivity contribution in [3.8, 4) is 0 Å². The summed E-state index contributed by atoms with van der Waals surface area (Å²) in [7, 11) is 0. The van der Waals surface area contributed by atoms with Crippen molar-refractivity contribution in [1.82, 2.24) is 0 Å². The Morgan fingerprint density at radius 2 is 2.11 bits per heavy atom. The molecule has 0 atom stereocenters. The molecule has 0 saturated carbocycles. The van der Waals surface area contributed by atoms with Gasteiger partial charge in [-0.3, -0.25) is 0 Å². The second-order valence-corrected chi connectivity index (χ2v) is 3.61. The first-order chi connectivity index (χ1) is 4.21. The molecule has 54 valence electrons. The Labute approximate surface area is 65.3 Å². The first-order valence-corrected chi connectivity index (χ1v) is 3.94. The molecular formula is C6H10Cl2O. The Morgan fingerprint density at radius 1 is 1.56 bits per heavy atom. The fourth-order valence-corrected chi connectivity index (χ4v) is 1.41. The highest BCUT2D eigenvalue weighted by atomic mass is 35.5. The first-order valence-electron chi connectivity index (χ1n) is 3.07. The zero-order valence-electron chi connectivity index (χ0n) is 5.36. The molecule has 0 aromatic heterocycles. The fourth-order valence-electron chi connectivity index (χ4n) is 0.849. The molecule has 0 spiro atoms. The Hall–Kier alpha value is 0.540. The molecule has 0 aromatic carbocycles. The molecule has 0 aromatic rings. The summed E-state index contributed by atoms with van der Waals surface area (Å²) in [5.41, 5.74) is 0.0725. The molecule has 1 rings (SSSR count). The minimum Gasteiger partial charge on any atom is -0.380 e. The van der Waals surface area contributed by atoms with Gasteiger partial charge in [0.1, 0.15) is 4.84 Å². The Bertz CT molecular complexity index is 93.7. The van der Waals surface area contributed by atoms with Gasteiger partial charge in [0.15, 0.2) is 0 Å². The summed E-state index contributed by atoms with van der Waals surface area (Å²) < 4.78 is 5.02. The molecule has 0 radical (unpaired) electrons. The molecule has 9 heavy (non-hydrogen) atoms. The Kier molecular flexibility index (Phi) is 2.25. The van der Waals surface area contributed by atoms with Gasteiger partial charge in [0, 0.05) is 5.41 Å². The third-order valence-electron chi connectivity index (χ3n) is 1.95. The van der Waals surface area contributed by atoms with Crippen molar-refractivity contribution in [2.75, 3.05) is 13.2 Å². The van der Waals surface area contributed by atoms with Crippen LogP contribution in [0.15, 0.2) is 0 Å². The molecule has 0 amide bonds. The molecule has 1 aliphatic heterocycles. The number of hydrogen-bond donors (Lipinski definition) is 0. The van der Waals surface area contributed by atoms with Crippen LogP contribution >= 0.6 is 23.2 Å². The molecule has 0 bridgehead atoms. The number of halogens is 2. The van der Waals surface area contributed by atoms with Gasteiger partial charge in [-0.1, -0.05) is 6.92 Å². The van der Waals surface area contributed by atoms with Gasteiger partial charge in [-0.15, -0.1) is 23.2 Å². The van der Waals surface area contributed by atoms with Gasteiger partial charge in [0.25, 0.3) is 0 Å². The molecule has 1 heterocycles. The van der Waals surface area contributed by atoms with Crippen molar-refractivity contribution < 1.29 is 4.74 Å². The van der Waals surface area contributed by atoms with E-state index in [0.29, 0.717) is 0 Å². The average Bonchev–Trinajstić information content (AvgIpc) is 1.62. The van der Waals surface area contributed by atoms with Crippen molar-refractivity contribution in [2.24, 2.45) is 5.41 Å². The molecule has 3 heteroatoms. The van der Waals surface area contributed by atoms with Crippen LogP contribution in [0.3, 0.4) is 0 Å². The molecule has 0 N–H and O–H groups in total. The zero-order chi connectivity index (χ0) is 6.91. The molecule has 0 unspecified atom stereocenters. The first kappa shape index (κ1) is 7.64. The van der Waals surface area contributed by atoms with Crippen LogP contribution in [0.1, 0.15) is 13.3 Å². The molecule has 1 saturated heterocycles. The maximum atomic E-state index is 5.72. The lowest BCUT2D eigenvalue weighted by molar-refractivity contribution is -0.106. The van der Waals surface area contributed by atoms with Crippen LogP contribution in [0.2, 0.25) is 0 Å². The lowest BCUT2D eigenvalue weighted by Crippen LogP contribution is -2.46. The van der Waals surface area contributed by atoms with E-state index >= 15 is 0 Å². The van der Waals surface area contributed by atoms with E-state index in [9.17, 15) is 0 Å². The van der Waals surface area contributed by atoms with Crippen LogP contribution in [0.25, 0.3) is 0 Å². The van der Waals surface area contributed by atoms with Gasteiger partial charge in [-0.05, 0) is 6.42 Å². The SMILES string of the molecule is CCC1(C(Cl)Cl)COC1. The van der Waals surface area contributed by atoms with Gasteiger partial charge in [0.2, 0.25) is 0 Å². The fraction of sp³-hybridized carbons (Fsp3) is 1.00. The number of ether oxygens (including phenoxy) is 1. The van der Waals surface area contributed by atoms with Crippen molar-refractivity contribution in [3.05, 3.63) is 0 Å². The standard InChI is InChI=1S/C6H10Cl2O/c1-2-6(5(7)8)3-9-4-6/h5H,2-4H2,1H3. The third-order valence-corrected chi connectivity index (χ3v) is 2.87. The summed E-state index contributed by atoms with van der Waals surface area (Å²) in [6.07, 6.45) is 1.00. The highest BCUT2D eigenvalue weighted by molar-refractivity contribution is 6.44. The van der Waals surface area contributed by atoms with Gasteiger partial charge in [-0.2, -0.15) is 0 Å². The summed E-state index contributed by atoms with van der Waals surface area (Å²) >= 11 is 11.4. The summed E-state index contributed by atoms with van der Waals surface area (Å²) in [4.78, 5) is -0.267. The zero-order valence-corrected chi connectivity index (χ0v) is 6.87. The van der Waals surface area contributed by atoms with Crippen LogP contribution < -0.4 is 0 Å². The van der Waals surface area contributed by atoms with Crippen LogP contribution in [0.4, 0.5) is 0 Å². The van der Waals surface area contributed by atoms with E-state index in [2.05, 4.69) is 6.92 Å². The maximum Gasteiger partial charge on any atom is 0.117 e. The topological polar surface area (TPSA) is 9.23 Å². The summed E-state index contributed by atoms with van der Waals surface area (Å²) in [5.74, 6) is 0. The van der Waals surface area contributed by atoms with Crippen LogP contribution in [0, 0.1) is 5.41 Å². The lowest BCUT2D eigenvalue weighted by atomic mass is 9.85. The van der Waals surface area contributed by atoms with E-state index < -0.39 is 0 Å². The van der Waals surface area contributed by atoms with E-state index in [1.807, 2.05) is 0 Å². The van der Waals surface area contributed by atoms with Crippen LogP contribution in [0.5, 0.6) is 0 Å². The van der Waals surface area contributed by atoms with Crippen molar-refractivity contribution >= 4 is 23.2 Å². The molecule has 0 aliphatic carbocycles. The molecule has 1 nitrogen and oxygen atoms in total. The van der Waals surface area contributed by atoms with E-state index in [-0.39, 0.29) is 10.3 Å². The largest absolute Gasteiger partial charge is 0.380 e. The number of rotatable bonds is 2. The third kappa shape index (κ3) is 1.19. The minimum atomic E-state index is -0.267. The van der Waals surface area contributed by atoms with Gasteiger partial charge in [-0.25, -0.2) is 0 Å². The van der Waals surface area contributed by atoms with Gasteiger partial charge >= 0.3 is 0 Å². The lowest BCUT2D eigenvalue weighted by Gasteiger charge is -2.41. The van der Waals surface area contributed by atoms with Crippen LogP contribution in [-0.4, -0.2) is 18.1 Å². The molecule has 1 aliphatic rings. The maximum absolute atomic E-state index is 5.72. The van der Waals surface area contributed by atoms with E-state index in [1.54, 1.807) is 0 Å². The molecule has 1 fully saturated rings. The van der Waals surface area contributed by atoms with Gasteiger partial charge in [0.05, 0.1) is 13.2 Å². The average molecular weight is 169 g/mol. The van der Waals surface area contributed by atoms with Crippen molar-refractivity contribution in [1.29, 1.82) is 0 Å². The minimum absolute atomic E-state index is 0.0725. The smallest absolute Gasteiger partial charge is 0.117 e. The van der Waals surface area contributed by atoms with Crippen LogP contribution in [-0.2, 0) is 4.74 Å². The second-order valence-electron chi connectivity index (χ2n) is 2.51. The summed E-state index contributed by atoms with van der Waals surface area (Å²) in [6.45, 7) is 3.53. The highest BCUT2D eigenvalue weighted by Gasteiger charge is 2.42. The monoisotopic (exact) mass is 168 g/mol. The normalized spacial score (nSPS) is 24.0. The highest BCUT2D eigenvalue weighted by Crippen LogP contribution is 2.39. The Balaban J connectivity index is 2.46. The van der Waals surface area contributed by atoms with Gasteiger partial charge < -0.3 is 4.74 Å². The number of alkyl halides is 2. The van der Waals surface area contributed by atoms with Crippen molar-refractivity contribution in [2.45, 2.75) is 18.2 Å². The number of hydrogen-bond acceptors (Lipinski definition) is 1. The second kappa shape index (κ2) is 2.65. The van der Waals surface area contributed by atoms with Crippen molar-refractivity contribution in [3.63, 3.8) is 0 Å². The Morgan fingerprint density at radius 3 is 2.11 bits per heavy atom. The van der Waals surface area contributed by atoms with E-state index in [1.165, 1.54) is 0 Å². The summed E-state index contributed by atoms with van der Waals surface area (Å²) in [6, 6.07) is 0. The predicted molar refractivity (Wildman–Crippen MR) is 39.0 cm³/mol. The summed E-state index contributed by atoms with van der Waals surface area (Å²) in [5, 5.41) is 0. The van der Waals surface area contributed by atoms with E-state index in [4.69, 9.17) is 27.9 Å². The molecular weight excluding hydrogens is 159 g/mol. The van der Waals surface area contributed by atoms with E-state index in [0.717, 1.165) is 19.6 Å².